The predicted octanol–water partition coefficient (Wildman–Crippen LogP) is 4.05. The molecule has 1 unspecified atom stereocenters. The fourth-order valence-corrected chi connectivity index (χ4v) is 4.17. The van der Waals surface area contributed by atoms with Crippen molar-refractivity contribution in [3.8, 4) is 0 Å². The van der Waals surface area contributed by atoms with Crippen LogP contribution in [-0.2, 0) is 0 Å². The molecule has 7 N–H and O–H groups in total. The molecule has 3 aromatic rings. The van der Waals surface area contributed by atoms with Crippen molar-refractivity contribution >= 4 is 46.4 Å². The Morgan fingerprint density at radius 2 is 1.77 bits per heavy atom. The van der Waals surface area contributed by atoms with E-state index in [1.807, 2.05) is 0 Å². The van der Waals surface area contributed by atoms with Gasteiger partial charge in [-0.1, -0.05) is 36.6 Å². The van der Waals surface area contributed by atoms with E-state index in [0.717, 1.165) is 31.7 Å². The summed E-state index contributed by atoms with van der Waals surface area (Å²) in [6.45, 7) is 0. The highest BCUT2D eigenvalue weighted by atomic mass is 35.5. The molecule has 35 heavy (non-hydrogen) atoms. The lowest BCUT2D eigenvalue weighted by molar-refractivity contribution is 0.0997. The smallest absolute Gasteiger partial charge is 0.257 e. The van der Waals surface area contributed by atoms with Crippen molar-refractivity contribution in [2.45, 2.75) is 37.8 Å². The van der Waals surface area contributed by atoms with Crippen molar-refractivity contribution in [1.82, 2.24) is 9.97 Å². The lowest BCUT2D eigenvalue weighted by Gasteiger charge is -2.30. The van der Waals surface area contributed by atoms with Crippen LogP contribution >= 0.6 is 11.6 Å². The molecule has 4 rings (SSSR count). The van der Waals surface area contributed by atoms with Crippen LogP contribution in [0, 0.1) is 5.82 Å². The number of nitrogens with zero attached hydrogens (tertiary/aromatic N) is 2. The first-order chi connectivity index (χ1) is 16.8. The molecule has 1 fully saturated rings. The molecule has 2 atom stereocenters. The molecule has 1 aromatic carbocycles. The zero-order chi connectivity index (χ0) is 24.9. The molecular weight excluding hydrogens is 473 g/mol. The lowest BCUT2D eigenvalue weighted by atomic mass is 9.91. The van der Waals surface area contributed by atoms with Gasteiger partial charge in [0.15, 0.2) is 11.6 Å². The van der Waals surface area contributed by atoms with Crippen molar-refractivity contribution in [3.05, 3.63) is 70.8 Å². The number of halogens is 2. The number of amides is 2. The minimum Gasteiger partial charge on any atom is -0.365 e. The molecule has 0 radical (unpaired) electrons. The molecule has 1 aliphatic rings. The van der Waals surface area contributed by atoms with Gasteiger partial charge in [-0.05, 0) is 37.1 Å². The van der Waals surface area contributed by atoms with Gasteiger partial charge in [0, 0.05) is 12.1 Å². The van der Waals surface area contributed by atoms with Crippen molar-refractivity contribution < 1.29 is 14.0 Å². The Labute approximate surface area is 206 Å². The third kappa shape index (κ3) is 5.84. The van der Waals surface area contributed by atoms with Crippen LogP contribution in [0.3, 0.4) is 0 Å². The molecular formula is C24H25ClFN7O2. The van der Waals surface area contributed by atoms with Gasteiger partial charge in [0.25, 0.3) is 11.8 Å². The molecule has 0 bridgehead atoms. The van der Waals surface area contributed by atoms with Gasteiger partial charge in [0.1, 0.15) is 5.82 Å². The molecule has 9 nitrogen and oxygen atoms in total. The number of rotatable bonds is 7. The van der Waals surface area contributed by atoms with Gasteiger partial charge in [-0.3, -0.25) is 14.6 Å². The van der Waals surface area contributed by atoms with Crippen LogP contribution in [-0.4, -0.2) is 33.9 Å². The average Bonchev–Trinajstić information content (AvgIpc) is 2.82. The summed E-state index contributed by atoms with van der Waals surface area (Å²) in [6.07, 6.45) is 6.55. The van der Waals surface area contributed by atoms with E-state index < -0.39 is 17.6 Å². The van der Waals surface area contributed by atoms with Crippen LogP contribution in [0.5, 0.6) is 0 Å². The van der Waals surface area contributed by atoms with E-state index in [0.29, 0.717) is 22.0 Å². The molecule has 0 aliphatic heterocycles. The maximum absolute atomic E-state index is 14.7. The highest BCUT2D eigenvalue weighted by Gasteiger charge is 2.24. The summed E-state index contributed by atoms with van der Waals surface area (Å²) in [7, 11) is 0. The Bertz CT molecular complexity index is 1260. The van der Waals surface area contributed by atoms with Crippen LogP contribution in [0.1, 0.15) is 46.4 Å². The number of anilines is 4. The number of hydrogen-bond acceptors (Lipinski definition) is 7. The summed E-state index contributed by atoms with van der Waals surface area (Å²) < 4.78 is 14.7. The van der Waals surface area contributed by atoms with Crippen LogP contribution in [0.4, 0.5) is 27.4 Å². The van der Waals surface area contributed by atoms with E-state index in [9.17, 15) is 14.0 Å². The summed E-state index contributed by atoms with van der Waals surface area (Å²) >= 11 is 6.09. The van der Waals surface area contributed by atoms with Crippen LogP contribution in [0.15, 0.2) is 48.8 Å². The van der Waals surface area contributed by atoms with Crippen LogP contribution < -0.4 is 27.4 Å². The molecule has 182 valence electrons. The molecule has 1 saturated carbocycles. The maximum atomic E-state index is 14.7. The zero-order valence-corrected chi connectivity index (χ0v) is 19.5. The lowest BCUT2D eigenvalue weighted by Crippen LogP contribution is -2.43. The summed E-state index contributed by atoms with van der Waals surface area (Å²) in [5.41, 5.74) is 12.6. The number of nitrogens with one attached hydrogen (secondary N) is 3. The maximum Gasteiger partial charge on any atom is 0.257 e. The van der Waals surface area contributed by atoms with Crippen molar-refractivity contribution in [2.75, 3.05) is 16.0 Å². The number of aromatic nitrogens is 2. The van der Waals surface area contributed by atoms with Gasteiger partial charge in [0.05, 0.1) is 39.9 Å². The molecule has 11 heteroatoms. The quantitative estimate of drug-likeness (QED) is 0.330. The highest BCUT2D eigenvalue weighted by Crippen LogP contribution is 2.27. The predicted molar refractivity (Wildman–Crippen MR) is 133 cm³/mol. The number of primary amides is 1. The first-order valence-electron chi connectivity index (χ1n) is 11.1. The molecule has 2 aromatic heterocycles. The summed E-state index contributed by atoms with van der Waals surface area (Å²) in [5.74, 6) is -1.96. The van der Waals surface area contributed by atoms with Crippen molar-refractivity contribution in [3.63, 3.8) is 0 Å². The molecule has 0 spiro atoms. The highest BCUT2D eigenvalue weighted by molar-refractivity contribution is 6.34. The van der Waals surface area contributed by atoms with Crippen LogP contribution in [0.25, 0.3) is 0 Å². The Hall–Kier alpha value is -3.76. The Balaban J connectivity index is 1.57. The molecule has 2 amide bonds. The molecule has 1 aliphatic carbocycles. The minimum absolute atomic E-state index is 0.0315. The topological polar surface area (TPSA) is 148 Å². The summed E-state index contributed by atoms with van der Waals surface area (Å²) in [6, 6.07) is 9.00. The fourth-order valence-electron chi connectivity index (χ4n) is 3.94. The second-order valence-electron chi connectivity index (χ2n) is 8.30. The third-order valence-electron chi connectivity index (χ3n) is 5.76. The van der Waals surface area contributed by atoms with Gasteiger partial charge in [-0.15, -0.1) is 0 Å². The van der Waals surface area contributed by atoms with E-state index in [1.165, 1.54) is 12.4 Å². The summed E-state index contributed by atoms with van der Waals surface area (Å²) in [4.78, 5) is 32.9. The average molecular weight is 498 g/mol. The van der Waals surface area contributed by atoms with E-state index >= 15 is 0 Å². The van der Waals surface area contributed by atoms with Gasteiger partial charge < -0.3 is 27.4 Å². The first-order valence-corrected chi connectivity index (χ1v) is 11.5. The third-order valence-corrected chi connectivity index (χ3v) is 6.09. The number of nitrogens with two attached hydrogens (primary N) is 2. The first kappa shape index (κ1) is 24.4. The number of benzene rings is 1. The minimum atomic E-state index is -0.851. The Morgan fingerprint density at radius 3 is 2.51 bits per heavy atom. The number of hydrogen-bond donors (Lipinski definition) is 5. The van der Waals surface area contributed by atoms with Gasteiger partial charge >= 0.3 is 0 Å². The van der Waals surface area contributed by atoms with Crippen molar-refractivity contribution in [2.24, 2.45) is 11.5 Å². The molecule has 0 saturated heterocycles. The van der Waals surface area contributed by atoms with Crippen molar-refractivity contribution in [1.29, 1.82) is 0 Å². The zero-order valence-electron chi connectivity index (χ0n) is 18.7. The van der Waals surface area contributed by atoms with E-state index in [-0.39, 0.29) is 29.3 Å². The van der Waals surface area contributed by atoms with Gasteiger partial charge in [0.2, 0.25) is 0 Å². The number of carbonyl (C=O) groups is 2. The van der Waals surface area contributed by atoms with E-state index in [4.69, 9.17) is 23.1 Å². The summed E-state index contributed by atoms with van der Waals surface area (Å²) in [5, 5.41) is 9.04. The van der Waals surface area contributed by atoms with E-state index in [1.54, 1.807) is 30.3 Å². The largest absolute Gasteiger partial charge is 0.365 e. The SMILES string of the molecule is NC(=O)c1cc(F)c(NC2CCCC[C@@H]2N)nc1Nc1cncc(NC(=O)c2ccccc2Cl)c1. The van der Waals surface area contributed by atoms with Gasteiger partial charge in [-0.2, -0.15) is 0 Å². The normalized spacial score (nSPS) is 17.5. The number of carbonyl (C=O) groups excluding carboxylic acids is 2. The molecule has 2 heterocycles. The van der Waals surface area contributed by atoms with E-state index in [2.05, 4.69) is 25.9 Å². The fraction of sp³-hybridized carbons (Fsp3) is 0.250. The Morgan fingerprint density at radius 1 is 1.03 bits per heavy atom. The number of pyridine rings is 2. The van der Waals surface area contributed by atoms with Crippen LogP contribution in [0.2, 0.25) is 5.02 Å². The Kier molecular flexibility index (Phi) is 7.42. The monoisotopic (exact) mass is 497 g/mol. The second-order valence-corrected chi connectivity index (χ2v) is 8.71. The standard InChI is InChI=1S/C24H25ClFN7O2/c25-17-6-2-1-5-15(17)24(35)31-14-9-13(11-29-12-14)30-22-16(21(28)34)10-18(26)23(33-22)32-20-8-4-3-7-19(20)27/h1-2,5-6,9-12,19-20H,3-4,7-8,27H2,(H2,28,34)(H,31,35)(H2,30,32,33)/t19-,20?/m0/s1. The second kappa shape index (κ2) is 10.7. The van der Waals surface area contributed by atoms with Gasteiger partial charge in [-0.25, -0.2) is 9.37 Å².